The van der Waals surface area contributed by atoms with Crippen LogP contribution in [0.2, 0.25) is 0 Å². The van der Waals surface area contributed by atoms with E-state index < -0.39 is 0 Å². The molecule has 0 aromatic heterocycles. The molecule has 100 valence electrons. The second kappa shape index (κ2) is 7.31. The zero-order valence-electron chi connectivity index (χ0n) is 11.2. The van der Waals surface area contributed by atoms with Gasteiger partial charge < -0.3 is 19.9 Å². The zero-order chi connectivity index (χ0) is 11.9. The molecule has 0 amide bonds. The van der Waals surface area contributed by atoms with E-state index in [0.717, 1.165) is 19.8 Å². The van der Waals surface area contributed by atoms with Crippen LogP contribution in [0.3, 0.4) is 0 Å². The van der Waals surface area contributed by atoms with Crippen LogP contribution in [0.15, 0.2) is 0 Å². The van der Waals surface area contributed by atoms with Gasteiger partial charge in [0.1, 0.15) is 0 Å². The van der Waals surface area contributed by atoms with Crippen LogP contribution in [0, 0.1) is 0 Å². The summed E-state index contributed by atoms with van der Waals surface area (Å²) in [5, 5.41) is 3.65. The molecule has 2 aliphatic rings. The van der Waals surface area contributed by atoms with Gasteiger partial charge >= 0.3 is 0 Å². The molecule has 2 saturated heterocycles. The van der Waals surface area contributed by atoms with Gasteiger partial charge in [-0.1, -0.05) is 0 Å². The smallest absolute Gasteiger partial charge is 0.0480 e. The van der Waals surface area contributed by atoms with E-state index in [4.69, 9.17) is 4.74 Å². The summed E-state index contributed by atoms with van der Waals surface area (Å²) in [7, 11) is 2.21. The van der Waals surface area contributed by atoms with Crippen molar-refractivity contribution in [2.24, 2.45) is 0 Å². The van der Waals surface area contributed by atoms with Crippen molar-refractivity contribution in [3.8, 4) is 0 Å². The van der Waals surface area contributed by atoms with Crippen LogP contribution in [-0.2, 0) is 4.74 Å². The van der Waals surface area contributed by atoms with Crippen LogP contribution in [0.25, 0.3) is 0 Å². The largest absolute Gasteiger partial charge is 0.381 e. The molecule has 0 aromatic carbocycles. The summed E-state index contributed by atoms with van der Waals surface area (Å²) in [6.45, 7) is 9.25. The van der Waals surface area contributed by atoms with E-state index in [-0.39, 0.29) is 0 Å². The number of nitrogens with one attached hydrogen (secondary N) is 1. The molecule has 2 heterocycles. The third kappa shape index (κ3) is 4.92. The van der Waals surface area contributed by atoms with Crippen LogP contribution >= 0.6 is 0 Å². The van der Waals surface area contributed by atoms with E-state index in [9.17, 15) is 0 Å². The molecule has 0 bridgehead atoms. The highest BCUT2D eigenvalue weighted by atomic mass is 16.5. The average Bonchev–Trinajstić information content (AvgIpc) is 2.38. The van der Waals surface area contributed by atoms with Crippen molar-refractivity contribution >= 4 is 0 Å². The topological polar surface area (TPSA) is 27.7 Å². The highest BCUT2D eigenvalue weighted by Crippen LogP contribution is 2.06. The molecule has 0 radical (unpaired) electrons. The van der Waals surface area contributed by atoms with Crippen LogP contribution in [0.5, 0.6) is 0 Å². The van der Waals surface area contributed by atoms with Gasteiger partial charge in [0.15, 0.2) is 0 Å². The monoisotopic (exact) mass is 241 g/mol. The second-order valence-corrected chi connectivity index (χ2v) is 5.34. The van der Waals surface area contributed by atoms with Gasteiger partial charge in [0.05, 0.1) is 0 Å². The Morgan fingerprint density at radius 1 is 1.12 bits per heavy atom. The van der Waals surface area contributed by atoms with Crippen LogP contribution < -0.4 is 5.32 Å². The van der Waals surface area contributed by atoms with E-state index in [1.807, 2.05) is 0 Å². The molecule has 0 saturated carbocycles. The third-order valence-corrected chi connectivity index (χ3v) is 3.90. The number of hydrogen-bond donors (Lipinski definition) is 1. The van der Waals surface area contributed by atoms with Gasteiger partial charge in [0, 0.05) is 45.4 Å². The van der Waals surface area contributed by atoms with Gasteiger partial charge in [-0.25, -0.2) is 0 Å². The van der Waals surface area contributed by atoms with E-state index in [2.05, 4.69) is 22.2 Å². The van der Waals surface area contributed by atoms with Crippen LogP contribution in [-0.4, -0.2) is 75.4 Å². The van der Waals surface area contributed by atoms with E-state index in [1.165, 1.54) is 52.0 Å². The van der Waals surface area contributed by atoms with Crippen LogP contribution in [0.1, 0.15) is 19.3 Å². The zero-order valence-corrected chi connectivity index (χ0v) is 11.2. The second-order valence-electron chi connectivity index (χ2n) is 5.34. The maximum Gasteiger partial charge on any atom is 0.0480 e. The number of nitrogens with zero attached hydrogens (tertiary/aromatic N) is 2. The summed E-state index contributed by atoms with van der Waals surface area (Å²) in [6.07, 6.45) is 3.66. The Bertz CT molecular complexity index is 199. The van der Waals surface area contributed by atoms with Gasteiger partial charge in [0.25, 0.3) is 0 Å². The minimum Gasteiger partial charge on any atom is -0.381 e. The van der Waals surface area contributed by atoms with Crippen molar-refractivity contribution in [1.29, 1.82) is 0 Å². The SMILES string of the molecule is CN1CCN(CCCNC2CCOCC2)CC1. The Morgan fingerprint density at radius 3 is 2.53 bits per heavy atom. The summed E-state index contributed by atoms with van der Waals surface area (Å²) in [5.41, 5.74) is 0. The van der Waals surface area contributed by atoms with Gasteiger partial charge in [0.2, 0.25) is 0 Å². The van der Waals surface area contributed by atoms with Crippen molar-refractivity contribution in [1.82, 2.24) is 15.1 Å². The van der Waals surface area contributed by atoms with E-state index >= 15 is 0 Å². The predicted molar refractivity (Wildman–Crippen MR) is 70.4 cm³/mol. The van der Waals surface area contributed by atoms with Crippen molar-refractivity contribution in [3.63, 3.8) is 0 Å². The molecule has 2 fully saturated rings. The first-order valence-electron chi connectivity index (χ1n) is 7.06. The molecule has 17 heavy (non-hydrogen) atoms. The van der Waals surface area contributed by atoms with Gasteiger partial charge in [-0.3, -0.25) is 0 Å². The fourth-order valence-corrected chi connectivity index (χ4v) is 2.58. The number of ether oxygens (including phenoxy) is 1. The summed E-state index contributed by atoms with van der Waals surface area (Å²) < 4.78 is 5.36. The summed E-state index contributed by atoms with van der Waals surface area (Å²) in [6, 6.07) is 0.705. The lowest BCUT2D eigenvalue weighted by atomic mass is 10.1. The first kappa shape index (κ1) is 13.3. The fraction of sp³-hybridized carbons (Fsp3) is 1.00. The molecule has 0 spiro atoms. The number of piperazine rings is 1. The van der Waals surface area contributed by atoms with Crippen molar-refractivity contribution in [2.75, 3.05) is 59.5 Å². The predicted octanol–water partition coefficient (Wildman–Crippen LogP) is 0.393. The maximum absolute atomic E-state index is 5.36. The minimum atomic E-state index is 0.705. The van der Waals surface area contributed by atoms with E-state index in [1.54, 1.807) is 0 Å². The molecule has 0 aromatic rings. The molecule has 0 aliphatic carbocycles. The highest BCUT2D eigenvalue weighted by molar-refractivity contribution is 4.72. The quantitative estimate of drug-likeness (QED) is 0.705. The number of hydrogen-bond acceptors (Lipinski definition) is 4. The number of likely N-dealkylation sites (N-methyl/N-ethyl adjacent to an activating group) is 1. The van der Waals surface area contributed by atoms with Crippen LogP contribution in [0.4, 0.5) is 0 Å². The Hall–Kier alpha value is -0.160. The Labute approximate surface area is 105 Å². The highest BCUT2D eigenvalue weighted by Gasteiger charge is 2.14. The van der Waals surface area contributed by atoms with Crippen molar-refractivity contribution in [3.05, 3.63) is 0 Å². The Kier molecular flexibility index (Phi) is 5.71. The Morgan fingerprint density at radius 2 is 1.82 bits per heavy atom. The Balaban J connectivity index is 1.48. The normalized spacial score (nSPS) is 25.2. The van der Waals surface area contributed by atoms with Gasteiger partial charge in [-0.15, -0.1) is 0 Å². The standard InChI is InChI=1S/C13H27N3O/c1-15-7-9-16(10-8-15)6-2-5-14-13-3-11-17-12-4-13/h13-14H,2-12H2,1H3. The van der Waals surface area contributed by atoms with Gasteiger partial charge in [-0.05, 0) is 39.4 Å². The summed E-state index contributed by atoms with van der Waals surface area (Å²) >= 11 is 0. The minimum absolute atomic E-state index is 0.705. The lowest BCUT2D eigenvalue weighted by Gasteiger charge is -2.32. The fourth-order valence-electron chi connectivity index (χ4n) is 2.58. The molecule has 2 aliphatic heterocycles. The molecule has 0 atom stereocenters. The third-order valence-electron chi connectivity index (χ3n) is 3.90. The van der Waals surface area contributed by atoms with E-state index in [0.29, 0.717) is 6.04 Å². The molecular formula is C13H27N3O. The summed E-state index contributed by atoms with van der Waals surface area (Å²) in [4.78, 5) is 5.00. The molecular weight excluding hydrogens is 214 g/mol. The average molecular weight is 241 g/mol. The molecule has 4 heteroatoms. The maximum atomic E-state index is 5.36. The molecule has 4 nitrogen and oxygen atoms in total. The lowest BCUT2D eigenvalue weighted by Crippen LogP contribution is -2.45. The van der Waals surface area contributed by atoms with Gasteiger partial charge in [-0.2, -0.15) is 0 Å². The van der Waals surface area contributed by atoms with Crippen molar-refractivity contribution in [2.45, 2.75) is 25.3 Å². The molecule has 0 unspecified atom stereocenters. The first-order chi connectivity index (χ1) is 8.34. The lowest BCUT2D eigenvalue weighted by molar-refractivity contribution is 0.0775. The first-order valence-corrected chi connectivity index (χ1v) is 7.06. The molecule has 2 rings (SSSR count). The summed E-state index contributed by atoms with van der Waals surface area (Å²) in [5.74, 6) is 0. The number of rotatable bonds is 5. The molecule has 1 N–H and O–H groups in total. The van der Waals surface area contributed by atoms with Crippen molar-refractivity contribution < 1.29 is 4.74 Å².